The fraction of sp³-hybridized carbons (Fsp3) is 0.364. The van der Waals surface area contributed by atoms with E-state index in [1.54, 1.807) is 39.6 Å². The number of rotatable bonds is 5. The molecule has 0 saturated carbocycles. The Labute approximate surface area is 116 Å². The van der Waals surface area contributed by atoms with Gasteiger partial charge in [0.15, 0.2) is 0 Å². The van der Waals surface area contributed by atoms with Gasteiger partial charge in [-0.25, -0.2) is 4.68 Å². The lowest BCUT2D eigenvalue weighted by Crippen LogP contribution is -2.29. The number of likely N-dealkylation sites (N-methyl/N-ethyl adjacent to an activating group) is 1. The van der Waals surface area contributed by atoms with Crippen LogP contribution in [0.5, 0.6) is 0 Å². The lowest BCUT2D eigenvalue weighted by Gasteiger charge is -2.11. The fourth-order valence-electron chi connectivity index (χ4n) is 1.36. The first-order chi connectivity index (χ1) is 9.60. The molecule has 0 unspecified atom stereocenters. The first-order valence-electron chi connectivity index (χ1n) is 5.98. The third-order valence-electron chi connectivity index (χ3n) is 2.45. The van der Waals surface area contributed by atoms with Crippen LogP contribution < -0.4 is 10.6 Å². The zero-order chi connectivity index (χ0) is 14.5. The van der Waals surface area contributed by atoms with E-state index in [1.807, 2.05) is 0 Å². The number of hydrogen-bond acceptors (Lipinski definition) is 7. The van der Waals surface area contributed by atoms with Crippen LogP contribution in [0, 0.1) is 0 Å². The maximum Gasteiger partial charge on any atom is 0.257 e. The molecule has 0 saturated heterocycles. The van der Waals surface area contributed by atoms with Crippen molar-refractivity contribution in [2.75, 3.05) is 38.3 Å². The number of hydrogen-bond donors (Lipinski definition) is 2. The van der Waals surface area contributed by atoms with Gasteiger partial charge in [-0.3, -0.25) is 4.79 Å². The van der Waals surface area contributed by atoms with Gasteiger partial charge in [0.2, 0.25) is 17.8 Å². The van der Waals surface area contributed by atoms with Crippen molar-refractivity contribution < 1.29 is 4.79 Å². The topological polar surface area (TPSA) is 101 Å². The standard InChI is InChI=1S/C11H16N8O/c1-12-9-15-10(13-7-8(20)18(2)3)17-11(16-9)19-6-4-5-14-19/h4-6H,7H2,1-3H3,(H2,12,13,15,16,17). The predicted octanol–water partition coefficient (Wildman–Crippen LogP) is -0.401. The molecule has 20 heavy (non-hydrogen) atoms. The van der Waals surface area contributed by atoms with Crippen LogP contribution in [0.25, 0.3) is 5.95 Å². The number of anilines is 2. The lowest BCUT2D eigenvalue weighted by atomic mass is 10.5. The van der Waals surface area contributed by atoms with Crippen LogP contribution in [-0.2, 0) is 4.79 Å². The van der Waals surface area contributed by atoms with Crippen LogP contribution in [-0.4, -0.2) is 63.2 Å². The predicted molar refractivity (Wildman–Crippen MR) is 73.7 cm³/mol. The fourth-order valence-corrected chi connectivity index (χ4v) is 1.36. The number of aromatic nitrogens is 5. The molecule has 0 aliphatic carbocycles. The van der Waals surface area contributed by atoms with E-state index in [2.05, 4.69) is 30.7 Å². The minimum Gasteiger partial charge on any atom is -0.357 e. The Balaban J connectivity index is 2.20. The van der Waals surface area contributed by atoms with Gasteiger partial charge in [-0.2, -0.15) is 20.1 Å². The summed E-state index contributed by atoms with van der Waals surface area (Å²) in [6.45, 7) is 0.110. The molecule has 0 aliphatic rings. The lowest BCUT2D eigenvalue weighted by molar-refractivity contribution is -0.126. The van der Waals surface area contributed by atoms with Gasteiger partial charge in [0.1, 0.15) is 0 Å². The zero-order valence-electron chi connectivity index (χ0n) is 11.5. The van der Waals surface area contributed by atoms with Crippen LogP contribution in [0.3, 0.4) is 0 Å². The Kier molecular flexibility index (Phi) is 4.08. The minimum atomic E-state index is -0.0722. The monoisotopic (exact) mass is 276 g/mol. The van der Waals surface area contributed by atoms with Crippen molar-refractivity contribution in [3.63, 3.8) is 0 Å². The van der Waals surface area contributed by atoms with Crippen molar-refractivity contribution in [3.8, 4) is 5.95 Å². The maximum atomic E-state index is 11.5. The molecule has 106 valence electrons. The normalized spacial score (nSPS) is 10.2. The third-order valence-corrected chi connectivity index (χ3v) is 2.45. The highest BCUT2D eigenvalue weighted by Crippen LogP contribution is 2.07. The molecule has 9 nitrogen and oxygen atoms in total. The highest BCUT2D eigenvalue weighted by atomic mass is 16.2. The second-order valence-corrected chi connectivity index (χ2v) is 4.12. The van der Waals surface area contributed by atoms with Crippen LogP contribution >= 0.6 is 0 Å². The van der Waals surface area contributed by atoms with Crippen molar-refractivity contribution in [1.29, 1.82) is 0 Å². The zero-order valence-corrected chi connectivity index (χ0v) is 11.5. The van der Waals surface area contributed by atoms with Gasteiger partial charge >= 0.3 is 0 Å². The Hall–Kier alpha value is -2.71. The van der Waals surface area contributed by atoms with E-state index in [0.29, 0.717) is 17.8 Å². The van der Waals surface area contributed by atoms with E-state index in [9.17, 15) is 4.79 Å². The summed E-state index contributed by atoms with van der Waals surface area (Å²) in [5, 5.41) is 9.77. The van der Waals surface area contributed by atoms with Gasteiger partial charge in [-0.15, -0.1) is 0 Å². The number of amides is 1. The van der Waals surface area contributed by atoms with Crippen molar-refractivity contribution in [1.82, 2.24) is 29.6 Å². The SMILES string of the molecule is CNc1nc(NCC(=O)N(C)C)nc(-n2cccn2)n1. The molecule has 2 rings (SSSR count). The molecule has 2 aromatic rings. The molecular weight excluding hydrogens is 260 g/mol. The summed E-state index contributed by atoms with van der Waals surface area (Å²) in [4.78, 5) is 25.6. The van der Waals surface area contributed by atoms with E-state index >= 15 is 0 Å². The molecule has 0 aliphatic heterocycles. The highest BCUT2D eigenvalue weighted by Gasteiger charge is 2.09. The molecule has 2 N–H and O–H groups in total. The molecule has 2 aromatic heterocycles. The summed E-state index contributed by atoms with van der Waals surface area (Å²) in [5.74, 6) is 1.00. The van der Waals surface area contributed by atoms with E-state index in [-0.39, 0.29) is 12.5 Å². The molecule has 0 radical (unpaired) electrons. The van der Waals surface area contributed by atoms with Crippen molar-refractivity contribution in [2.24, 2.45) is 0 Å². The first kappa shape index (κ1) is 13.7. The molecule has 0 fully saturated rings. The molecule has 0 spiro atoms. The molecule has 0 aromatic carbocycles. The Bertz CT molecular complexity index is 580. The molecule has 1 amide bonds. The summed E-state index contributed by atoms with van der Waals surface area (Å²) in [7, 11) is 5.08. The molecule has 0 bridgehead atoms. The summed E-state index contributed by atoms with van der Waals surface area (Å²) in [6, 6.07) is 1.77. The van der Waals surface area contributed by atoms with Crippen LogP contribution in [0.4, 0.5) is 11.9 Å². The highest BCUT2D eigenvalue weighted by molar-refractivity contribution is 5.79. The Morgan fingerprint density at radius 3 is 2.65 bits per heavy atom. The van der Waals surface area contributed by atoms with Gasteiger partial charge in [0.05, 0.1) is 6.54 Å². The number of carbonyl (C=O) groups excluding carboxylic acids is 1. The number of nitrogens with one attached hydrogen (secondary N) is 2. The van der Waals surface area contributed by atoms with Gasteiger partial charge in [0, 0.05) is 33.5 Å². The average molecular weight is 276 g/mol. The van der Waals surface area contributed by atoms with Gasteiger partial charge in [0.25, 0.3) is 5.95 Å². The van der Waals surface area contributed by atoms with Crippen molar-refractivity contribution in [3.05, 3.63) is 18.5 Å². The Morgan fingerprint density at radius 1 is 1.30 bits per heavy atom. The molecule has 2 heterocycles. The van der Waals surface area contributed by atoms with E-state index in [1.165, 1.54) is 9.58 Å². The number of nitrogens with zero attached hydrogens (tertiary/aromatic N) is 6. The second-order valence-electron chi connectivity index (χ2n) is 4.12. The van der Waals surface area contributed by atoms with Gasteiger partial charge in [-0.1, -0.05) is 0 Å². The maximum absolute atomic E-state index is 11.5. The van der Waals surface area contributed by atoms with E-state index < -0.39 is 0 Å². The summed E-state index contributed by atoms with van der Waals surface area (Å²) in [5.41, 5.74) is 0. The smallest absolute Gasteiger partial charge is 0.257 e. The van der Waals surface area contributed by atoms with Crippen LogP contribution in [0.1, 0.15) is 0 Å². The van der Waals surface area contributed by atoms with E-state index in [4.69, 9.17) is 0 Å². The largest absolute Gasteiger partial charge is 0.357 e. The average Bonchev–Trinajstić information content (AvgIpc) is 2.98. The molecule has 9 heteroatoms. The summed E-state index contributed by atoms with van der Waals surface area (Å²) < 4.78 is 1.52. The summed E-state index contributed by atoms with van der Waals surface area (Å²) in [6.07, 6.45) is 3.36. The van der Waals surface area contributed by atoms with Crippen LogP contribution in [0.15, 0.2) is 18.5 Å². The van der Waals surface area contributed by atoms with Gasteiger partial charge in [-0.05, 0) is 6.07 Å². The first-order valence-corrected chi connectivity index (χ1v) is 5.98. The van der Waals surface area contributed by atoms with Crippen molar-refractivity contribution in [2.45, 2.75) is 0 Å². The second kappa shape index (κ2) is 5.95. The van der Waals surface area contributed by atoms with E-state index in [0.717, 1.165) is 0 Å². The van der Waals surface area contributed by atoms with Crippen LogP contribution in [0.2, 0.25) is 0 Å². The van der Waals surface area contributed by atoms with Crippen molar-refractivity contribution >= 4 is 17.8 Å². The van der Waals surface area contributed by atoms with Gasteiger partial charge < -0.3 is 15.5 Å². The minimum absolute atomic E-state index is 0.0722. The third kappa shape index (κ3) is 3.19. The number of carbonyl (C=O) groups is 1. The molecule has 0 atom stereocenters. The quantitative estimate of drug-likeness (QED) is 0.766. The molecular formula is C11H16N8O. The summed E-state index contributed by atoms with van der Waals surface area (Å²) >= 11 is 0. The Morgan fingerprint density at radius 2 is 2.05 bits per heavy atom.